The molecule has 1 atom stereocenters. The van der Waals surface area contributed by atoms with Gasteiger partial charge in [0.2, 0.25) is 0 Å². The zero-order valence-corrected chi connectivity index (χ0v) is 14.5. The Kier molecular flexibility index (Phi) is 5.01. The van der Waals surface area contributed by atoms with E-state index in [1.807, 2.05) is 34.6 Å². The maximum atomic E-state index is 12.7. The third kappa shape index (κ3) is 3.06. The Labute approximate surface area is 133 Å². The van der Waals surface area contributed by atoms with Gasteiger partial charge in [-0.15, -0.1) is 11.3 Å². The number of thiophene rings is 1. The van der Waals surface area contributed by atoms with E-state index < -0.39 is 6.04 Å². The topological polar surface area (TPSA) is 61.2 Å². The van der Waals surface area contributed by atoms with E-state index in [2.05, 4.69) is 4.98 Å². The highest BCUT2D eigenvalue weighted by molar-refractivity contribution is 7.18. The molecule has 0 saturated carbocycles. The van der Waals surface area contributed by atoms with Gasteiger partial charge >= 0.3 is 5.97 Å². The number of carbonyl (C=O) groups excluding carboxylic acids is 1. The first-order valence-corrected chi connectivity index (χ1v) is 8.31. The quantitative estimate of drug-likeness (QED) is 0.793. The highest BCUT2D eigenvalue weighted by Gasteiger charge is 2.23. The summed E-state index contributed by atoms with van der Waals surface area (Å²) in [6, 6.07) is -0.622. The van der Waals surface area contributed by atoms with Crippen LogP contribution in [0.3, 0.4) is 0 Å². The van der Waals surface area contributed by atoms with Gasteiger partial charge in [0, 0.05) is 4.88 Å². The lowest BCUT2D eigenvalue weighted by Crippen LogP contribution is -2.31. The van der Waals surface area contributed by atoms with Crippen LogP contribution in [0.1, 0.15) is 43.7 Å². The average molecular weight is 322 g/mol. The van der Waals surface area contributed by atoms with E-state index in [4.69, 9.17) is 4.74 Å². The lowest BCUT2D eigenvalue weighted by molar-refractivity contribution is -0.149. The first-order chi connectivity index (χ1) is 10.4. The smallest absolute Gasteiger partial charge is 0.329 e. The number of fused-ring (bicyclic) bond motifs is 1. The molecule has 6 heteroatoms. The molecule has 2 rings (SSSR count). The Morgan fingerprint density at radius 3 is 2.68 bits per heavy atom. The van der Waals surface area contributed by atoms with Gasteiger partial charge in [0.1, 0.15) is 10.9 Å². The van der Waals surface area contributed by atoms with Crippen LogP contribution in [0.2, 0.25) is 0 Å². The second-order valence-corrected chi connectivity index (χ2v) is 7.07. The summed E-state index contributed by atoms with van der Waals surface area (Å²) in [7, 11) is 0. The maximum absolute atomic E-state index is 12.7. The number of aryl methyl sites for hydroxylation is 2. The van der Waals surface area contributed by atoms with Crippen molar-refractivity contribution in [1.29, 1.82) is 0 Å². The van der Waals surface area contributed by atoms with E-state index in [1.165, 1.54) is 22.2 Å². The maximum Gasteiger partial charge on any atom is 0.329 e. The summed E-state index contributed by atoms with van der Waals surface area (Å²) >= 11 is 1.50. The molecule has 0 radical (unpaired) electrons. The van der Waals surface area contributed by atoms with Gasteiger partial charge in [-0.1, -0.05) is 20.8 Å². The number of aromatic nitrogens is 2. The molecule has 2 aromatic heterocycles. The molecule has 0 amide bonds. The normalized spacial score (nSPS) is 12.8. The van der Waals surface area contributed by atoms with Crippen molar-refractivity contribution in [3.05, 3.63) is 27.1 Å². The van der Waals surface area contributed by atoms with Gasteiger partial charge in [-0.05, 0) is 31.7 Å². The lowest BCUT2D eigenvalue weighted by Gasteiger charge is -2.17. The van der Waals surface area contributed by atoms with E-state index in [-0.39, 0.29) is 17.4 Å². The molecule has 0 aromatic carbocycles. The fraction of sp³-hybridized carbons (Fsp3) is 0.562. The van der Waals surface area contributed by atoms with Crippen molar-refractivity contribution in [2.24, 2.45) is 5.92 Å². The van der Waals surface area contributed by atoms with Crippen LogP contribution in [-0.4, -0.2) is 22.1 Å². The van der Waals surface area contributed by atoms with Crippen LogP contribution >= 0.6 is 11.3 Å². The van der Waals surface area contributed by atoms with Crippen LogP contribution in [0.4, 0.5) is 0 Å². The summed E-state index contributed by atoms with van der Waals surface area (Å²) in [5.74, 6) is -0.107. The minimum Gasteiger partial charge on any atom is -0.464 e. The Hall–Kier alpha value is -1.69. The standard InChI is InChI=1S/C16H22N2O3S/c1-6-12(16(20)21-7-9(2)3)18-8-17-14-13(15(18)19)10(4)11(5)22-14/h8-9,12H,6-7H2,1-5H3/t12-/m0/s1. The Bertz CT molecular complexity index is 746. The Balaban J connectivity index is 2.43. The van der Waals surface area contributed by atoms with Crippen LogP contribution < -0.4 is 5.56 Å². The predicted molar refractivity (Wildman–Crippen MR) is 88.5 cm³/mol. The molecule has 0 unspecified atom stereocenters. The van der Waals surface area contributed by atoms with Crippen molar-refractivity contribution in [2.75, 3.05) is 6.61 Å². The van der Waals surface area contributed by atoms with Crippen LogP contribution in [0.5, 0.6) is 0 Å². The number of hydrogen-bond acceptors (Lipinski definition) is 5. The number of ether oxygens (including phenoxy) is 1. The number of rotatable bonds is 5. The third-order valence-electron chi connectivity index (χ3n) is 3.67. The summed E-state index contributed by atoms with van der Waals surface area (Å²) < 4.78 is 6.70. The molecule has 0 N–H and O–H groups in total. The average Bonchev–Trinajstić information content (AvgIpc) is 2.75. The minimum absolute atomic E-state index is 0.166. The van der Waals surface area contributed by atoms with E-state index in [0.29, 0.717) is 18.4 Å². The van der Waals surface area contributed by atoms with Crippen LogP contribution in [-0.2, 0) is 9.53 Å². The summed E-state index contributed by atoms with van der Waals surface area (Å²) in [6.07, 6.45) is 1.96. The molecular formula is C16H22N2O3S. The van der Waals surface area contributed by atoms with Gasteiger partial charge in [0.05, 0.1) is 18.3 Å². The predicted octanol–water partition coefficient (Wildman–Crippen LogP) is 3.23. The Morgan fingerprint density at radius 2 is 2.09 bits per heavy atom. The third-order valence-corrected chi connectivity index (χ3v) is 4.78. The zero-order valence-electron chi connectivity index (χ0n) is 13.7. The molecule has 0 fully saturated rings. The fourth-order valence-corrected chi connectivity index (χ4v) is 3.28. The fourth-order valence-electron chi connectivity index (χ4n) is 2.29. The van der Waals surface area contributed by atoms with Crippen molar-refractivity contribution < 1.29 is 9.53 Å². The summed E-state index contributed by atoms with van der Waals surface area (Å²) in [5, 5.41) is 0.611. The first-order valence-electron chi connectivity index (χ1n) is 7.50. The van der Waals surface area contributed by atoms with E-state index in [0.717, 1.165) is 15.3 Å². The molecule has 2 heterocycles. The van der Waals surface area contributed by atoms with Crippen molar-refractivity contribution in [2.45, 2.75) is 47.1 Å². The molecule has 0 bridgehead atoms. The van der Waals surface area contributed by atoms with E-state index >= 15 is 0 Å². The van der Waals surface area contributed by atoms with Crippen LogP contribution in [0.15, 0.2) is 11.1 Å². The lowest BCUT2D eigenvalue weighted by atomic mass is 10.2. The number of esters is 1. The summed E-state index contributed by atoms with van der Waals surface area (Å²) in [6.45, 7) is 10.1. The molecule has 0 aliphatic carbocycles. The van der Waals surface area contributed by atoms with Gasteiger partial charge in [0.15, 0.2) is 0 Å². The van der Waals surface area contributed by atoms with Gasteiger partial charge < -0.3 is 4.74 Å². The molecule has 0 spiro atoms. The molecule has 22 heavy (non-hydrogen) atoms. The van der Waals surface area contributed by atoms with Crippen molar-refractivity contribution >= 4 is 27.5 Å². The van der Waals surface area contributed by atoms with Crippen molar-refractivity contribution in [3.63, 3.8) is 0 Å². The van der Waals surface area contributed by atoms with Gasteiger partial charge in [-0.3, -0.25) is 9.36 Å². The van der Waals surface area contributed by atoms with E-state index in [9.17, 15) is 9.59 Å². The molecule has 0 saturated heterocycles. The summed E-state index contributed by atoms with van der Waals surface area (Å²) in [4.78, 5) is 31.1. The van der Waals surface area contributed by atoms with Crippen LogP contribution in [0.25, 0.3) is 10.2 Å². The SMILES string of the molecule is CC[C@@H](C(=O)OCC(C)C)n1cnc2sc(C)c(C)c2c1=O. The number of carbonyl (C=O) groups is 1. The van der Waals surface area contributed by atoms with Crippen molar-refractivity contribution in [1.82, 2.24) is 9.55 Å². The van der Waals surface area contributed by atoms with Crippen LogP contribution in [0, 0.1) is 19.8 Å². The van der Waals surface area contributed by atoms with E-state index in [1.54, 1.807) is 0 Å². The minimum atomic E-state index is -0.622. The molecule has 0 aliphatic rings. The van der Waals surface area contributed by atoms with Crippen molar-refractivity contribution in [3.8, 4) is 0 Å². The second-order valence-electron chi connectivity index (χ2n) is 5.87. The van der Waals surface area contributed by atoms with Gasteiger partial charge in [-0.2, -0.15) is 0 Å². The Morgan fingerprint density at radius 1 is 1.41 bits per heavy atom. The zero-order chi connectivity index (χ0) is 16.4. The highest BCUT2D eigenvalue weighted by atomic mass is 32.1. The molecular weight excluding hydrogens is 300 g/mol. The molecule has 2 aromatic rings. The number of nitrogens with zero attached hydrogens (tertiary/aromatic N) is 2. The highest BCUT2D eigenvalue weighted by Crippen LogP contribution is 2.26. The first kappa shape index (κ1) is 16.7. The van der Waals surface area contributed by atoms with Gasteiger partial charge in [-0.25, -0.2) is 9.78 Å². The molecule has 120 valence electrons. The molecule has 5 nitrogen and oxygen atoms in total. The summed E-state index contributed by atoms with van der Waals surface area (Å²) in [5.41, 5.74) is 0.775. The van der Waals surface area contributed by atoms with Gasteiger partial charge in [0.25, 0.3) is 5.56 Å². The molecule has 0 aliphatic heterocycles. The number of hydrogen-bond donors (Lipinski definition) is 0. The largest absolute Gasteiger partial charge is 0.464 e. The second kappa shape index (κ2) is 6.60. The monoisotopic (exact) mass is 322 g/mol.